The first-order chi connectivity index (χ1) is 27.5. The van der Waals surface area contributed by atoms with Crippen molar-refractivity contribution in [2.75, 3.05) is 13.1 Å². The predicted molar refractivity (Wildman–Crippen MR) is 238 cm³/mol. The van der Waals surface area contributed by atoms with Gasteiger partial charge in [-0.05, 0) is 73.6 Å². The lowest BCUT2D eigenvalue weighted by atomic mass is 9.87. The number of rotatable bonds is 37. The van der Waals surface area contributed by atoms with Gasteiger partial charge >= 0.3 is 0 Å². The molecule has 0 spiro atoms. The van der Waals surface area contributed by atoms with E-state index < -0.39 is 0 Å². The quantitative estimate of drug-likeness (QED) is 0.0514. The van der Waals surface area contributed by atoms with Crippen LogP contribution in [0.5, 0.6) is 11.5 Å². The highest BCUT2D eigenvalue weighted by atomic mass is 16.3. The van der Waals surface area contributed by atoms with Gasteiger partial charge in [0.1, 0.15) is 11.5 Å². The summed E-state index contributed by atoms with van der Waals surface area (Å²) in [7, 11) is 0. The van der Waals surface area contributed by atoms with Crippen molar-refractivity contribution in [2.45, 2.75) is 218 Å². The SMILES string of the molecule is CCCCCCC(CCCCCCCCCCC(=O)NCCNC(=O)CCCCCCCCCCC(CCCCCC)c1ccccc1O)c1ccccc1O. The summed E-state index contributed by atoms with van der Waals surface area (Å²) in [6.07, 6.45) is 34.8. The molecule has 0 heterocycles. The summed E-state index contributed by atoms with van der Waals surface area (Å²) >= 11 is 0. The number of unbranched alkanes of at least 4 members (excludes halogenated alkanes) is 20. The van der Waals surface area contributed by atoms with Gasteiger partial charge < -0.3 is 20.8 Å². The molecule has 0 bridgehead atoms. The van der Waals surface area contributed by atoms with Crippen LogP contribution in [0.1, 0.15) is 229 Å². The van der Waals surface area contributed by atoms with E-state index in [1.54, 1.807) is 0 Å². The molecule has 0 radical (unpaired) electrons. The van der Waals surface area contributed by atoms with Crippen LogP contribution in [0.4, 0.5) is 0 Å². The van der Waals surface area contributed by atoms with Gasteiger partial charge in [-0.15, -0.1) is 0 Å². The molecule has 56 heavy (non-hydrogen) atoms. The standard InChI is InChI=1S/C50H84N2O4/c1-3-5-7-21-31-43(45-35-27-29-37-47(45)53)33-23-17-13-9-11-15-19-25-39-49(55)51-41-42-52-50(56)40-26-20-16-12-10-14-18-24-34-44(32-22-8-6-4-2)46-36-28-30-38-48(46)54/h27-30,35-38,43-44,53-54H,3-26,31-34,39-42H2,1-2H3,(H,51,55)(H,52,56). The Bertz CT molecular complexity index is 1150. The smallest absolute Gasteiger partial charge is 0.220 e. The van der Waals surface area contributed by atoms with Gasteiger partial charge in [0.15, 0.2) is 0 Å². The van der Waals surface area contributed by atoms with E-state index in [9.17, 15) is 19.8 Å². The number of carbonyl (C=O) groups is 2. The molecule has 0 aliphatic carbocycles. The van der Waals surface area contributed by atoms with Gasteiger partial charge in [-0.2, -0.15) is 0 Å². The highest BCUT2D eigenvalue weighted by Gasteiger charge is 2.16. The molecule has 2 aromatic carbocycles. The molecule has 2 aromatic rings. The lowest BCUT2D eigenvalue weighted by Crippen LogP contribution is -2.34. The Kier molecular flexibility index (Phi) is 29.9. The Balaban J connectivity index is 1.37. The topological polar surface area (TPSA) is 98.7 Å². The molecule has 6 nitrogen and oxygen atoms in total. The average molecular weight is 777 g/mol. The molecular weight excluding hydrogens is 693 g/mol. The lowest BCUT2D eigenvalue weighted by Gasteiger charge is -2.18. The second kappa shape index (κ2) is 34.1. The van der Waals surface area contributed by atoms with E-state index in [0.29, 0.717) is 49.3 Å². The van der Waals surface area contributed by atoms with E-state index in [-0.39, 0.29) is 11.8 Å². The number of nitrogens with one attached hydrogen (secondary N) is 2. The Labute approximate surface area is 343 Å². The van der Waals surface area contributed by atoms with Gasteiger partial charge in [0.05, 0.1) is 0 Å². The highest BCUT2D eigenvalue weighted by molar-refractivity contribution is 5.77. The molecule has 0 saturated heterocycles. The van der Waals surface area contributed by atoms with E-state index >= 15 is 0 Å². The molecule has 318 valence electrons. The van der Waals surface area contributed by atoms with Crippen LogP contribution in [-0.2, 0) is 9.59 Å². The van der Waals surface area contributed by atoms with E-state index in [4.69, 9.17) is 0 Å². The Hall–Kier alpha value is -3.02. The van der Waals surface area contributed by atoms with Crippen molar-refractivity contribution >= 4 is 11.8 Å². The van der Waals surface area contributed by atoms with E-state index in [1.807, 2.05) is 24.3 Å². The van der Waals surface area contributed by atoms with Crippen LogP contribution in [0.3, 0.4) is 0 Å². The predicted octanol–water partition coefficient (Wildman–Crippen LogP) is 13.9. The summed E-state index contributed by atoms with van der Waals surface area (Å²) in [5.74, 6) is 2.03. The zero-order valence-electron chi connectivity index (χ0n) is 36.1. The van der Waals surface area contributed by atoms with Crippen molar-refractivity contribution < 1.29 is 19.8 Å². The molecule has 0 fully saturated rings. The molecule has 2 rings (SSSR count). The van der Waals surface area contributed by atoms with Crippen LogP contribution in [0, 0.1) is 0 Å². The minimum absolute atomic E-state index is 0.0886. The number of carbonyl (C=O) groups excluding carboxylic acids is 2. The van der Waals surface area contributed by atoms with Crippen LogP contribution in [0.25, 0.3) is 0 Å². The van der Waals surface area contributed by atoms with E-state index in [1.165, 1.54) is 141 Å². The third-order valence-corrected chi connectivity index (χ3v) is 11.7. The van der Waals surface area contributed by atoms with Crippen LogP contribution in [0.2, 0.25) is 0 Å². The van der Waals surface area contributed by atoms with Crippen molar-refractivity contribution in [1.29, 1.82) is 0 Å². The van der Waals surface area contributed by atoms with Crippen molar-refractivity contribution in [3.05, 3.63) is 59.7 Å². The number of benzene rings is 2. The summed E-state index contributed by atoms with van der Waals surface area (Å²) in [6.45, 7) is 5.50. The second-order valence-corrected chi connectivity index (χ2v) is 16.6. The van der Waals surface area contributed by atoms with Crippen molar-refractivity contribution in [3.8, 4) is 11.5 Å². The monoisotopic (exact) mass is 777 g/mol. The van der Waals surface area contributed by atoms with Gasteiger partial charge in [0.25, 0.3) is 0 Å². The second-order valence-electron chi connectivity index (χ2n) is 16.6. The largest absolute Gasteiger partial charge is 0.508 e. The summed E-state index contributed by atoms with van der Waals surface area (Å²) in [5, 5.41) is 26.7. The fraction of sp³-hybridized carbons (Fsp3) is 0.720. The number of amides is 2. The zero-order chi connectivity index (χ0) is 40.3. The van der Waals surface area contributed by atoms with Gasteiger partial charge in [0.2, 0.25) is 11.8 Å². The number of para-hydroxylation sites is 2. The third-order valence-electron chi connectivity index (χ3n) is 11.7. The average Bonchev–Trinajstić information content (AvgIpc) is 3.20. The number of phenols is 2. The molecule has 0 saturated carbocycles. The molecule has 0 aliphatic rings. The van der Waals surface area contributed by atoms with Gasteiger partial charge in [-0.1, -0.05) is 192 Å². The lowest BCUT2D eigenvalue weighted by molar-refractivity contribution is -0.123. The first kappa shape index (κ1) is 49.1. The Morgan fingerprint density at radius 1 is 0.429 bits per heavy atom. The number of hydrogen-bond donors (Lipinski definition) is 4. The minimum Gasteiger partial charge on any atom is -0.508 e. The van der Waals surface area contributed by atoms with Crippen LogP contribution in [0.15, 0.2) is 48.5 Å². The normalized spacial score (nSPS) is 12.4. The molecule has 2 amide bonds. The molecule has 2 atom stereocenters. The maximum Gasteiger partial charge on any atom is 0.220 e. The van der Waals surface area contributed by atoms with Crippen molar-refractivity contribution in [3.63, 3.8) is 0 Å². The van der Waals surface area contributed by atoms with Crippen LogP contribution in [-0.4, -0.2) is 35.1 Å². The van der Waals surface area contributed by atoms with Crippen molar-refractivity contribution in [2.24, 2.45) is 0 Å². The molecule has 0 aliphatic heterocycles. The maximum atomic E-state index is 12.2. The Morgan fingerprint density at radius 2 is 0.714 bits per heavy atom. The molecule has 6 heteroatoms. The molecule has 0 aromatic heterocycles. The van der Waals surface area contributed by atoms with Gasteiger partial charge in [-0.25, -0.2) is 0 Å². The fourth-order valence-corrected chi connectivity index (χ4v) is 8.27. The third kappa shape index (κ3) is 24.6. The highest BCUT2D eigenvalue weighted by Crippen LogP contribution is 2.35. The molecular formula is C50H84N2O4. The van der Waals surface area contributed by atoms with Crippen LogP contribution >= 0.6 is 0 Å². The maximum absolute atomic E-state index is 12.2. The van der Waals surface area contributed by atoms with E-state index in [2.05, 4.69) is 48.7 Å². The Morgan fingerprint density at radius 3 is 1.04 bits per heavy atom. The minimum atomic E-state index is 0.0886. The van der Waals surface area contributed by atoms with Crippen molar-refractivity contribution in [1.82, 2.24) is 10.6 Å². The zero-order valence-corrected chi connectivity index (χ0v) is 36.1. The summed E-state index contributed by atoms with van der Waals surface area (Å²) in [6, 6.07) is 15.8. The number of aromatic hydroxyl groups is 2. The molecule has 2 unspecified atom stereocenters. The molecule has 4 N–H and O–H groups in total. The fourth-order valence-electron chi connectivity index (χ4n) is 8.27. The van der Waals surface area contributed by atoms with E-state index in [0.717, 1.165) is 49.7 Å². The number of phenolic OH excluding ortho intramolecular Hbond substituents is 2. The van der Waals surface area contributed by atoms with Gasteiger partial charge in [0, 0.05) is 25.9 Å². The summed E-state index contributed by atoms with van der Waals surface area (Å²) in [5.41, 5.74) is 2.26. The first-order valence-electron chi connectivity index (χ1n) is 23.5. The first-order valence-corrected chi connectivity index (χ1v) is 23.5. The number of hydrogen-bond acceptors (Lipinski definition) is 4. The van der Waals surface area contributed by atoms with Gasteiger partial charge in [-0.3, -0.25) is 9.59 Å². The summed E-state index contributed by atoms with van der Waals surface area (Å²) in [4.78, 5) is 24.5. The summed E-state index contributed by atoms with van der Waals surface area (Å²) < 4.78 is 0. The van der Waals surface area contributed by atoms with Crippen LogP contribution < -0.4 is 10.6 Å².